The largest absolute Gasteiger partial charge is 0.327 e. The molecule has 2 fully saturated rings. The first kappa shape index (κ1) is 13.4. The van der Waals surface area contributed by atoms with Gasteiger partial charge in [0.25, 0.3) is 0 Å². The summed E-state index contributed by atoms with van der Waals surface area (Å²) >= 11 is 5.92. The molecule has 0 heterocycles. The van der Waals surface area contributed by atoms with Gasteiger partial charge >= 0.3 is 0 Å². The van der Waals surface area contributed by atoms with Crippen LogP contribution in [0.25, 0.3) is 0 Å². The molecule has 20 heavy (non-hydrogen) atoms. The summed E-state index contributed by atoms with van der Waals surface area (Å²) in [6, 6.07) is 6.86. The van der Waals surface area contributed by atoms with E-state index in [4.69, 9.17) is 22.6 Å². The lowest BCUT2D eigenvalue weighted by atomic mass is 9.84. The highest BCUT2D eigenvalue weighted by Crippen LogP contribution is 2.48. The van der Waals surface area contributed by atoms with Gasteiger partial charge in [0.1, 0.15) is 6.07 Å². The fourth-order valence-corrected chi connectivity index (χ4v) is 3.83. The molecule has 0 saturated heterocycles. The lowest BCUT2D eigenvalue weighted by Crippen LogP contribution is -2.42. The first-order valence-electron chi connectivity index (χ1n) is 6.86. The Morgan fingerprint density at radius 1 is 1.40 bits per heavy atom. The third-order valence-electron chi connectivity index (χ3n) is 4.64. The molecular formula is C15H16ClN3O. The van der Waals surface area contributed by atoms with Crippen LogP contribution in [0.3, 0.4) is 0 Å². The fraction of sp³-hybridized carbons (Fsp3) is 0.467. The van der Waals surface area contributed by atoms with E-state index in [9.17, 15) is 4.79 Å². The highest BCUT2D eigenvalue weighted by Gasteiger charge is 2.49. The summed E-state index contributed by atoms with van der Waals surface area (Å²) in [6.45, 7) is 0. The number of benzene rings is 1. The number of rotatable bonds is 2. The van der Waals surface area contributed by atoms with Crippen molar-refractivity contribution in [3.05, 3.63) is 28.8 Å². The Morgan fingerprint density at radius 3 is 2.80 bits per heavy atom. The molecule has 0 spiro atoms. The number of hydrogen-bond acceptors (Lipinski definition) is 3. The van der Waals surface area contributed by atoms with Gasteiger partial charge in [-0.1, -0.05) is 11.6 Å². The van der Waals surface area contributed by atoms with Crippen LogP contribution in [0.2, 0.25) is 5.02 Å². The molecule has 4 nitrogen and oxygen atoms in total. The van der Waals surface area contributed by atoms with Crippen molar-refractivity contribution in [1.82, 2.24) is 0 Å². The Morgan fingerprint density at radius 2 is 2.15 bits per heavy atom. The van der Waals surface area contributed by atoms with Gasteiger partial charge in [-0.3, -0.25) is 4.79 Å². The molecule has 2 saturated carbocycles. The Balaban J connectivity index is 1.80. The van der Waals surface area contributed by atoms with E-state index < -0.39 is 0 Å². The number of nitrogens with zero attached hydrogens (tertiary/aromatic N) is 1. The molecule has 2 bridgehead atoms. The second kappa shape index (κ2) is 5.08. The van der Waals surface area contributed by atoms with Gasteiger partial charge in [0, 0.05) is 11.1 Å². The van der Waals surface area contributed by atoms with E-state index in [1.807, 2.05) is 0 Å². The predicted octanol–water partition coefficient (Wildman–Crippen LogP) is 2.52. The molecule has 5 heteroatoms. The summed E-state index contributed by atoms with van der Waals surface area (Å²) in [4.78, 5) is 12.5. The molecule has 3 N–H and O–H groups in total. The highest BCUT2D eigenvalue weighted by molar-refractivity contribution is 6.31. The standard InChI is InChI=1S/C15H16ClN3O/c16-11-4-3-10(7-17)12(6-11)19-15(20)13-8-1-2-9(5-8)14(13)18/h3-4,6,8-9,13-14H,1-2,5,18H2,(H,19,20). The molecular weight excluding hydrogens is 274 g/mol. The summed E-state index contributed by atoms with van der Waals surface area (Å²) < 4.78 is 0. The predicted molar refractivity (Wildman–Crippen MR) is 77.1 cm³/mol. The van der Waals surface area contributed by atoms with Crippen LogP contribution in [0.5, 0.6) is 0 Å². The topological polar surface area (TPSA) is 78.9 Å². The molecule has 2 aliphatic carbocycles. The molecule has 1 aromatic rings. The van der Waals surface area contributed by atoms with Gasteiger partial charge in [0.05, 0.1) is 17.2 Å². The molecule has 0 radical (unpaired) electrons. The fourth-order valence-electron chi connectivity index (χ4n) is 3.66. The molecule has 3 rings (SSSR count). The lowest BCUT2D eigenvalue weighted by molar-refractivity contribution is -0.121. The summed E-state index contributed by atoms with van der Waals surface area (Å²) in [7, 11) is 0. The molecule has 104 valence electrons. The maximum Gasteiger partial charge on any atom is 0.229 e. The van der Waals surface area contributed by atoms with Gasteiger partial charge in [0.2, 0.25) is 5.91 Å². The number of halogens is 1. The van der Waals surface area contributed by atoms with Crippen LogP contribution in [0.4, 0.5) is 5.69 Å². The average molecular weight is 290 g/mol. The van der Waals surface area contributed by atoms with E-state index in [1.165, 1.54) is 0 Å². The van der Waals surface area contributed by atoms with Crippen molar-refractivity contribution in [1.29, 1.82) is 5.26 Å². The number of fused-ring (bicyclic) bond motifs is 2. The van der Waals surface area contributed by atoms with Crippen LogP contribution in [0, 0.1) is 29.1 Å². The number of nitrogens with two attached hydrogens (primary N) is 1. The third-order valence-corrected chi connectivity index (χ3v) is 4.88. The van der Waals surface area contributed by atoms with E-state index in [-0.39, 0.29) is 17.9 Å². The normalized spacial score (nSPS) is 31.1. The monoisotopic (exact) mass is 289 g/mol. The SMILES string of the molecule is N#Cc1ccc(Cl)cc1NC(=O)C1C2CCC(C2)C1N. The van der Waals surface area contributed by atoms with E-state index in [2.05, 4.69) is 11.4 Å². The van der Waals surface area contributed by atoms with Gasteiger partial charge in [-0.15, -0.1) is 0 Å². The van der Waals surface area contributed by atoms with E-state index in [0.717, 1.165) is 19.3 Å². The maximum atomic E-state index is 12.5. The quantitative estimate of drug-likeness (QED) is 0.878. The molecule has 0 aromatic heterocycles. The molecule has 0 aliphatic heterocycles. The Bertz CT molecular complexity index is 593. The van der Waals surface area contributed by atoms with Crippen molar-refractivity contribution in [2.24, 2.45) is 23.5 Å². The number of nitriles is 1. The molecule has 1 aromatic carbocycles. The van der Waals surface area contributed by atoms with Gasteiger partial charge in [0.15, 0.2) is 0 Å². The first-order chi connectivity index (χ1) is 9.60. The smallest absolute Gasteiger partial charge is 0.229 e. The average Bonchev–Trinajstić information content (AvgIpc) is 2.99. The minimum atomic E-state index is -0.140. The minimum absolute atomic E-state index is 0.0570. The van der Waals surface area contributed by atoms with Crippen molar-refractivity contribution in [3.8, 4) is 6.07 Å². The Kier molecular flexibility index (Phi) is 3.41. The second-order valence-corrected chi connectivity index (χ2v) is 6.16. The van der Waals surface area contributed by atoms with Crippen molar-refractivity contribution >= 4 is 23.2 Å². The van der Waals surface area contributed by atoms with Crippen LogP contribution in [-0.2, 0) is 4.79 Å². The van der Waals surface area contributed by atoms with Crippen molar-refractivity contribution in [2.45, 2.75) is 25.3 Å². The summed E-state index contributed by atoms with van der Waals surface area (Å²) in [6.07, 6.45) is 3.27. The number of carbonyl (C=O) groups excluding carboxylic acids is 1. The number of carbonyl (C=O) groups is 1. The summed E-state index contributed by atoms with van der Waals surface area (Å²) in [5.74, 6) is 0.646. The second-order valence-electron chi connectivity index (χ2n) is 5.73. The van der Waals surface area contributed by atoms with Crippen LogP contribution < -0.4 is 11.1 Å². The summed E-state index contributed by atoms with van der Waals surface area (Å²) in [5, 5.41) is 12.4. The van der Waals surface area contributed by atoms with E-state index >= 15 is 0 Å². The number of nitrogens with one attached hydrogen (secondary N) is 1. The zero-order valence-corrected chi connectivity index (χ0v) is 11.7. The van der Waals surface area contributed by atoms with Crippen molar-refractivity contribution in [3.63, 3.8) is 0 Å². The summed E-state index contributed by atoms with van der Waals surface area (Å²) in [5.41, 5.74) is 7.06. The van der Waals surface area contributed by atoms with E-state index in [1.54, 1.807) is 18.2 Å². The number of hydrogen-bond donors (Lipinski definition) is 2. The van der Waals surface area contributed by atoms with Gasteiger partial charge in [-0.2, -0.15) is 5.26 Å². The zero-order chi connectivity index (χ0) is 14.3. The molecule has 4 atom stereocenters. The third kappa shape index (κ3) is 2.17. The van der Waals surface area contributed by atoms with Gasteiger partial charge in [-0.05, 0) is 49.3 Å². The number of amides is 1. The van der Waals surface area contributed by atoms with Crippen molar-refractivity contribution < 1.29 is 4.79 Å². The lowest BCUT2D eigenvalue weighted by Gasteiger charge is -2.27. The van der Waals surface area contributed by atoms with Crippen LogP contribution >= 0.6 is 11.6 Å². The molecule has 1 amide bonds. The van der Waals surface area contributed by atoms with Crippen molar-refractivity contribution in [2.75, 3.05) is 5.32 Å². The first-order valence-corrected chi connectivity index (χ1v) is 7.24. The van der Waals surface area contributed by atoms with Crippen LogP contribution in [-0.4, -0.2) is 11.9 Å². The Hall–Kier alpha value is -1.57. The maximum absolute atomic E-state index is 12.5. The number of anilines is 1. The highest BCUT2D eigenvalue weighted by atomic mass is 35.5. The van der Waals surface area contributed by atoms with Gasteiger partial charge in [-0.25, -0.2) is 0 Å². The Labute approximate surface area is 122 Å². The van der Waals surface area contributed by atoms with Crippen LogP contribution in [0.15, 0.2) is 18.2 Å². The molecule has 2 aliphatic rings. The molecule has 4 unspecified atom stereocenters. The van der Waals surface area contributed by atoms with Gasteiger partial charge < -0.3 is 11.1 Å². The zero-order valence-electron chi connectivity index (χ0n) is 11.0. The van der Waals surface area contributed by atoms with E-state index in [0.29, 0.717) is 28.1 Å². The van der Waals surface area contributed by atoms with Crippen LogP contribution in [0.1, 0.15) is 24.8 Å². The minimum Gasteiger partial charge on any atom is -0.327 e.